The third-order valence-electron chi connectivity index (χ3n) is 3.62. The number of nitrogens with one attached hydrogen (secondary N) is 1. The van der Waals surface area contributed by atoms with E-state index in [4.69, 9.17) is 9.47 Å². The van der Waals surface area contributed by atoms with Crippen LogP contribution in [-0.4, -0.2) is 53.8 Å². The Hall–Kier alpha value is -1.30. The van der Waals surface area contributed by atoms with Crippen molar-refractivity contribution in [1.82, 2.24) is 10.2 Å². The fraction of sp³-hybridized carbons (Fsp3) is 0.889. The molecule has 1 rings (SSSR count). The fourth-order valence-electron chi connectivity index (χ4n) is 2.68. The van der Waals surface area contributed by atoms with E-state index in [9.17, 15) is 9.59 Å². The molecule has 1 atom stereocenters. The van der Waals surface area contributed by atoms with Gasteiger partial charge in [-0.2, -0.15) is 0 Å². The van der Waals surface area contributed by atoms with Gasteiger partial charge in [-0.15, -0.1) is 0 Å². The van der Waals surface area contributed by atoms with Crippen LogP contribution >= 0.6 is 0 Å². The summed E-state index contributed by atoms with van der Waals surface area (Å²) in [5.41, 5.74) is -0.921. The molecule has 0 unspecified atom stereocenters. The van der Waals surface area contributed by atoms with Crippen LogP contribution in [0.1, 0.15) is 61.3 Å². The van der Waals surface area contributed by atoms with Gasteiger partial charge in [0.25, 0.3) is 0 Å². The predicted octanol–water partition coefficient (Wildman–Crippen LogP) is 2.95. The molecule has 1 amide bonds. The molecular formula is C18H34N2O4. The molecule has 140 valence electrons. The van der Waals surface area contributed by atoms with Gasteiger partial charge in [-0.05, 0) is 74.4 Å². The first-order chi connectivity index (χ1) is 10.9. The van der Waals surface area contributed by atoms with Gasteiger partial charge in [0.2, 0.25) is 0 Å². The zero-order chi connectivity index (χ0) is 18.5. The zero-order valence-corrected chi connectivity index (χ0v) is 16.3. The molecule has 0 bridgehead atoms. The van der Waals surface area contributed by atoms with E-state index < -0.39 is 17.3 Å². The number of likely N-dealkylation sites (tertiary alicyclic amines) is 1. The molecule has 1 N–H and O–H groups in total. The number of nitrogens with zero attached hydrogens (tertiary/aromatic N) is 1. The lowest BCUT2D eigenvalue weighted by molar-refractivity contribution is -0.161. The second kappa shape index (κ2) is 8.19. The molecule has 0 aromatic heterocycles. The number of alkyl carbamates (subject to hydrolysis) is 1. The Morgan fingerprint density at radius 2 is 1.54 bits per heavy atom. The Morgan fingerprint density at radius 3 is 2.00 bits per heavy atom. The summed E-state index contributed by atoms with van der Waals surface area (Å²) in [7, 11) is 0. The van der Waals surface area contributed by atoms with Crippen LogP contribution in [-0.2, 0) is 14.3 Å². The highest BCUT2D eigenvalue weighted by molar-refractivity contribution is 5.73. The predicted molar refractivity (Wildman–Crippen MR) is 93.8 cm³/mol. The van der Waals surface area contributed by atoms with E-state index in [1.165, 1.54) is 0 Å². The van der Waals surface area contributed by atoms with E-state index in [0.29, 0.717) is 0 Å². The van der Waals surface area contributed by atoms with Gasteiger partial charge < -0.3 is 19.7 Å². The molecule has 0 radical (unpaired) electrons. The van der Waals surface area contributed by atoms with E-state index in [0.717, 1.165) is 32.5 Å². The van der Waals surface area contributed by atoms with E-state index in [-0.39, 0.29) is 17.9 Å². The summed E-state index contributed by atoms with van der Waals surface area (Å²) < 4.78 is 10.7. The van der Waals surface area contributed by atoms with Crippen molar-refractivity contribution in [2.24, 2.45) is 5.92 Å². The highest BCUT2D eigenvalue weighted by atomic mass is 16.6. The topological polar surface area (TPSA) is 67.9 Å². The molecule has 0 aromatic rings. The first-order valence-electron chi connectivity index (χ1n) is 8.80. The van der Waals surface area contributed by atoms with Gasteiger partial charge >= 0.3 is 12.1 Å². The van der Waals surface area contributed by atoms with Gasteiger partial charge in [-0.1, -0.05) is 0 Å². The summed E-state index contributed by atoms with van der Waals surface area (Å²) in [5.74, 6) is -0.114. The van der Waals surface area contributed by atoms with Crippen LogP contribution in [0.2, 0.25) is 0 Å². The smallest absolute Gasteiger partial charge is 0.407 e. The number of esters is 1. The largest absolute Gasteiger partial charge is 0.460 e. The monoisotopic (exact) mass is 342 g/mol. The maximum Gasteiger partial charge on any atom is 0.407 e. The van der Waals surface area contributed by atoms with Crippen molar-refractivity contribution in [3.8, 4) is 0 Å². The van der Waals surface area contributed by atoms with Crippen molar-refractivity contribution in [2.75, 3.05) is 19.6 Å². The highest BCUT2D eigenvalue weighted by Crippen LogP contribution is 2.21. The van der Waals surface area contributed by atoms with Gasteiger partial charge in [0, 0.05) is 12.6 Å². The van der Waals surface area contributed by atoms with Gasteiger partial charge in [0.1, 0.15) is 11.2 Å². The Morgan fingerprint density at radius 1 is 1.04 bits per heavy atom. The standard InChI is InChI=1S/C18H34N2O4/c1-13(19-16(22)24-18(5,6)7)12-20-10-8-14(9-11-20)15(21)23-17(2,3)4/h13-14H,8-12H2,1-7H3,(H,19,22)/t13-/m0/s1. The summed E-state index contributed by atoms with van der Waals surface area (Å²) in [5, 5.41) is 2.85. The highest BCUT2D eigenvalue weighted by Gasteiger charge is 2.29. The van der Waals surface area contributed by atoms with E-state index in [2.05, 4.69) is 10.2 Å². The van der Waals surface area contributed by atoms with Crippen LogP contribution in [0.5, 0.6) is 0 Å². The molecule has 1 heterocycles. The molecule has 6 nitrogen and oxygen atoms in total. The first kappa shape index (κ1) is 20.7. The molecule has 6 heteroatoms. The molecular weight excluding hydrogens is 308 g/mol. The lowest BCUT2D eigenvalue weighted by Crippen LogP contribution is -2.47. The van der Waals surface area contributed by atoms with Crippen molar-refractivity contribution >= 4 is 12.1 Å². The Labute approximate surface area is 146 Å². The second-order valence-electron chi connectivity index (χ2n) is 8.66. The number of piperidine rings is 1. The second-order valence-corrected chi connectivity index (χ2v) is 8.66. The van der Waals surface area contributed by atoms with Gasteiger partial charge in [0.05, 0.1) is 5.92 Å². The van der Waals surface area contributed by atoms with Crippen LogP contribution in [0.4, 0.5) is 4.79 Å². The van der Waals surface area contributed by atoms with Crippen LogP contribution in [0.15, 0.2) is 0 Å². The van der Waals surface area contributed by atoms with Crippen molar-refractivity contribution < 1.29 is 19.1 Å². The minimum atomic E-state index is -0.491. The molecule has 0 saturated carbocycles. The average Bonchev–Trinajstić information content (AvgIpc) is 2.34. The summed E-state index contributed by atoms with van der Waals surface area (Å²) in [6, 6.07) is -0.00192. The summed E-state index contributed by atoms with van der Waals surface area (Å²) >= 11 is 0. The third-order valence-corrected chi connectivity index (χ3v) is 3.62. The van der Waals surface area contributed by atoms with E-state index >= 15 is 0 Å². The number of hydrogen-bond donors (Lipinski definition) is 1. The molecule has 1 aliphatic rings. The Balaban J connectivity index is 2.33. The number of amides is 1. The quantitative estimate of drug-likeness (QED) is 0.796. The number of rotatable bonds is 4. The van der Waals surface area contributed by atoms with Crippen LogP contribution in [0, 0.1) is 5.92 Å². The Kier molecular flexibility index (Phi) is 7.08. The lowest BCUT2D eigenvalue weighted by atomic mass is 9.96. The minimum absolute atomic E-state index is 0.00192. The van der Waals surface area contributed by atoms with Crippen LogP contribution in [0.25, 0.3) is 0 Å². The van der Waals surface area contributed by atoms with Crippen molar-refractivity contribution in [3.63, 3.8) is 0 Å². The van der Waals surface area contributed by atoms with Crippen molar-refractivity contribution in [3.05, 3.63) is 0 Å². The molecule has 0 aromatic carbocycles. The normalized spacial score (nSPS) is 18.8. The van der Waals surface area contributed by atoms with Crippen molar-refractivity contribution in [2.45, 2.75) is 78.6 Å². The Bertz CT molecular complexity index is 429. The third kappa shape index (κ3) is 8.52. The van der Waals surface area contributed by atoms with E-state index in [1.807, 2.05) is 48.5 Å². The molecule has 1 saturated heterocycles. The maximum absolute atomic E-state index is 12.1. The van der Waals surface area contributed by atoms with Crippen molar-refractivity contribution in [1.29, 1.82) is 0 Å². The molecule has 0 aliphatic carbocycles. The molecule has 0 spiro atoms. The summed E-state index contributed by atoms with van der Waals surface area (Å²) in [6.45, 7) is 15.6. The molecule has 24 heavy (non-hydrogen) atoms. The molecule has 1 aliphatic heterocycles. The zero-order valence-electron chi connectivity index (χ0n) is 16.3. The summed E-state index contributed by atoms with van der Waals surface area (Å²) in [6.07, 6.45) is 1.21. The van der Waals surface area contributed by atoms with Gasteiger partial charge in [0.15, 0.2) is 0 Å². The maximum atomic E-state index is 12.1. The average molecular weight is 342 g/mol. The summed E-state index contributed by atoms with van der Waals surface area (Å²) in [4.78, 5) is 26.1. The SMILES string of the molecule is C[C@@H](CN1CCC(C(=O)OC(C)(C)C)CC1)NC(=O)OC(C)(C)C. The number of hydrogen-bond acceptors (Lipinski definition) is 5. The lowest BCUT2D eigenvalue weighted by Gasteiger charge is -2.34. The minimum Gasteiger partial charge on any atom is -0.460 e. The van der Waals surface area contributed by atoms with Gasteiger partial charge in [-0.25, -0.2) is 4.79 Å². The first-order valence-corrected chi connectivity index (χ1v) is 8.80. The van der Waals surface area contributed by atoms with Crippen LogP contribution < -0.4 is 5.32 Å². The number of carbonyl (C=O) groups is 2. The van der Waals surface area contributed by atoms with Gasteiger partial charge in [-0.3, -0.25) is 4.79 Å². The van der Waals surface area contributed by atoms with Crippen LogP contribution in [0.3, 0.4) is 0 Å². The van der Waals surface area contributed by atoms with E-state index in [1.54, 1.807) is 0 Å². The molecule has 1 fully saturated rings. The number of ether oxygens (including phenoxy) is 2. The fourth-order valence-corrected chi connectivity index (χ4v) is 2.68. The number of carbonyl (C=O) groups excluding carboxylic acids is 2.